The highest BCUT2D eigenvalue weighted by Crippen LogP contribution is 2.26. The lowest BCUT2D eigenvalue weighted by atomic mass is 10.2. The van der Waals surface area contributed by atoms with E-state index in [0.717, 1.165) is 13.0 Å². The Morgan fingerprint density at radius 3 is 1.62 bits per heavy atom. The summed E-state index contributed by atoms with van der Waals surface area (Å²) >= 11 is 0. The van der Waals surface area contributed by atoms with Gasteiger partial charge in [0, 0.05) is 0 Å². The summed E-state index contributed by atoms with van der Waals surface area (Å²) in [6, 6.07) is 10.3. The number of hydrogen-bond acceptors (Lipinski definition) is 3. The molecule has 2 aromatic carbocycles. The summed E-state index contributed by atoms with van der Waals surface area (Å²) in [6.07, 6.45) is 0.987. The van der Waals surface area contributed by atoms with Crippen molar-refractivity contribution in [2.24, 2.45) is 5.73 Å². The fourth-order valence-electron chi connectivity index (χ4n) is 1.62. The standard InChI is InChI=1S/C8H11N.C6HF5O3S/c9-7-6-8-4-2-1-3-5-8;7-1-2(8)4(10)6(15(12,13)14)5(11)3(1)9/h1-5H,6-7,9H2;(H,12,13,14). The first kappa shape index (κ1) is 20.0. The third kappa shape index (κ3) is 4.73. The molecule has 0 heterocycles. The molecule has 132 valence electrons. The molecule has 10 heteroatoms. The van der Waals surface area contributed by atoms with E-state index in [1.807, 2.05) is 18.2 Å². The lowest BCUT2D eigenvalue weighted by Gasteiger charge is -2.04. The highest BCUT2D eigenvalue weighted by Gasteiger charge is 2.32. The Balaban J connectivity index is 0.000000272. The molecule has 4 nitrogen and oxygen atoms in total. The van der Waals surface area contributed by atoms with Gasteiger partial charge in [0.1, 0.15) is 0 Å². The number of nitrogens with two attached hydrogens (primary N) is 1. The molecular weight excluding hydrogens is 357 g/mol. The van der Waals surface area contributed by atoms with Crippen molar-refractivity contribution in [1.29, 1.82) is 0 Å². The first-order chi connectivity index (χ1) is 11.1. The van der Waals surface area contributed by atoms with Crippen LogP contribution in [0.15, 0.2) is 35.2 Å². The Bertz CT molecular complexity index is 784. The van der Waals surface area contributed by atoms with Crippen LogP contribution in [0.4, 0.5) is 22.0 Å². The van der Waals surface area contributed by atoms with Crippen LogP contribution in [-0.4, -0.2) is 19.5 Å². The summed E-state index contributed by atoms with van der Waals surface area (Å²) in [5.74, 6) is -12.6. The number of halogens is 5. The van der Waals surface area contributed by atoms with E-state index in [1.165, 1.54) is 5.56 Å². The Labute approximate surface area is 134 Å². The van der Waals surface area contributed by atoms with Crippen LogP contribution in [0.3, 0.4) is 0 Å². The van der Waals surface area contributed by atoms with Gasteiger partial charge in [-0.05, 0) is 18.5 Å². The molecule has 0 amide bonds. The molecule has 0 aliphatic carbocycles. The maximum atomic E-state index is 12.6. The van der Waals surface area contributed by atoms with E-state index < -0.39 is 44.1 Å². The summed E-state index contributed by atoms with van der Waals surface area (Å²) in [6.45, 7) is 0.740. The maximum absolute atomic E-state index is 12.6. The second kappa shape index (κ2) is 8.18. The number of rotatable bonds is 3. The van der Waals surface area contributed by atoms with Crippen molar-refractivity contribution >= 4 is 10.1 Å². The van der Waals surface area contributed by atoms with Gasteiger partial charge in [-0.1, -0.05) is 30.3 Å². The van der Waals surface area contributed by atoms with Crippen LogP contribution in [0.1, 0.15) is 5.56 Å². The van der Waals surface area contributed by atoms with Gasteiger partial charge in [-0.3, -0.25) is 4.55 Å². The van der Waals surface area contributed by atoms with Crippen molar-refractivity contribution in [3.63, 3.8) is 0 Å². The van der Waals surface area contributed by atoms with E-state index in [0.29, 0.717) is 0 Å². The molecule has 0 aromatic heterocycles. The average Bonchev–Trinajstić information content (AvgIpc) is 2.52. The summed E-state index contributed by atoms with van der Waals surface area (Å²) in [7, 11) is -5.52. The van der Waals surface area contributed by atoms with E-state index in [2.05, 4.69) is 12.1 Å². The first-order valence-electron chi connectivity index (χ1n) is 6.34. The topological polar surface area (TPSA) is 80.4 Å². The van der Waals surface area contributed by atoms with Gasteiger partial charge in [-0.25, -0.2) is 22.0 Å². The van der Waals surface area contributed by atoms with Crippen molar-refractivity contribution < 1.29 is 34.9 Å². The molecule has 0 unspecified atom stereocenters. The minimum absolute atomic E-state index is 0.740. The van der Waals surface area contributed by atoms with Crippen LogP contribution in [0, 0.1) is 29.1 Å². The second-order valence-corrected chi connectivity index (χ2v) is 5.76. The quantitative estimate of drug-likeness (QED) is 0.377. The predicted molar refractivity (Wildman–Crippen MR) is 75.2 cm³/mol. The van der Waals surface area contributed by atoms with Crippen molar-refractivity contribution in [3.8, 4) is 0 Å². The van der Waals surface area contributed by atoms with E-state index >= 15 is 0 Å². The highest BCUT2D eigenvalue weighted by molar-refractivity contribution is 7.85. The predicted octanol–water partition coefficient (Wildman–Crippen LogP) is 2.82. The monoisotopic (exact) mass is 369 g/mol. The minimum Gasteiger partial charge on any atom is -0.330 e. The average molecular weight is 369 g/mol. The van der Waals surface area contributed by atoms with E-state index in [4.69, 9.17) is 10.3 Å². The number of hydrogen-bond donors (Lipinski definition) is 2. The van der Waals surface area contributed by atoms with Gasteiger partial charge in [0.2, 0.25) is 5.82 Å². The number of benzene rings is 2. The van der Waals surface area contributed by atoms with Crippen LogP contribution >= 0.6 is 0 Å². The Morgan fingerprint density at radius 2 is 1.25 bits per heavy atom. The molecule has 0 spiro atoms. The van der Waals surface area contributed by atoms with Gasteiger partial charge in [-0.15, -0.1) is 0 Å². The Kier molecular flexibility index (Phi) is 6.81. The zero-order valence-corrected chi connectivity index (χ0v) is 12.8. The van der Waals surface area contributed by atoms with E-state index in [1.54, 1.807) is 0 Å². The molecule has 0 saturated heterocycles. The SMILES string of the molecule is NCCc1ccccc1.O=S(=O)(O)c1c(F)c(F)c(F)c(F)c1F. The summed E-state index contributed by atoms with van der Waals surface area (Å²) in [5.41, 5.74) is 6.68. The molecule has 2 aromatic rings. The molecule has 0 fully saturated rings. The fraction of sp³-hybridized carbons (Fsp3) is 0.143. The van der Waals surface area contributed by atoms with Crippen LogP contribution < -0.4 is 5.73 Å². The highest BCUT2D eigenvalue weighted by atomic mass is 32.2. The Hall–Kier alpha value is -2.04. The van der Waals surface area contributed by atoms with Crippen LogP contribution in [0.5, 0.6) is 0 Å². The molecular formula is C14H12F5NO3S. The van der Waals surface area contributed by atoms with Gasteiger partial charge < -0.3 is 5.73 Å². The maximum Gasteiger partial charge on any atom is 0.300 e. The molecule has 2 rings (SSSR count). The zero-order valence-electron chi connectivity index (χ0n) is 11.9. The van der Waals surface area contributed by atoms with E-state index in [9.17, 15) is 30.4 Å². The van der Waals surface area contributed by atoms with Gasteiger partial charge >= 0.3 is 10.1 Å². The first-order valence-corrected chi connectivity index (χ1v) is 7.78. The summed E-state index contributed by atoms with van der Waals surface area (Å²) in [5, 5.41) is 0. The Morgan fingerprint density at radius 1 is 0.833 bits per heavy atom. The largest absolute Gasteiger partial charge is 0.330 e. The molecule has 3 N–H and O–H groups in total. The fourth-order valence-corrected chi connectivity index (χ4v) is 2.25. The zero-order chi connectivity index (χ0) is 18.5. The molecule has 0 radical (unpaired) electrons. The van der Waals surface area contributed by atoms with Crippen molar-refractivity contribution in [1.82, 2.24) is 0 Å². The van der Waals surface area contributed by atoms with Crippen LogP contribution in [-0.2, 0) is 16.5 Å². The van der Waals surface area contributed by atoms with Gasteiger partial charge in [-0.2, -0.15) is 8.42 Å². The van der Waals surface area contributed by atoms with E-state index in [-0.39, 0.29) is 0 Å². The molecule has 0 aliphatic heterocycles. The molecule has 0 saturated carbocycles. The third-order valence-corrected chi connectivity index (χ3v) is 3.58. The van der Waals surface area contributed by atoms with Gasteiger partial charge in [0.05, 0.1) is 0 Å². The van der Waals surface area contributed by atoms with Crippen molar-refractivity contribution in [3.05, 3.63) is 65.0 Å². The third-order valence-electron chi connectivity index (χ3n) is 2.70. The molecule has 0 aliphatic rings. The normalized spacial score (nSPS) is 11.0. The lowest BCUT2D eigenvalue weighted by molar-refractivity contribution is 0.352. The summed E-state index contributed by atoms with van der Waals surface area (Å²) in [4.78, 5) is -2.26. The molecule has 0 atom stereocenters. The summed E-state index contributed by atoms with van der Waals surface area (Å²) < 4.78 is 91.3. The smallest absolute Gasteiger partial charge is 0.300 e. The molecule has 24 heavy (non-hydrogen) atoms. The second-order valence-electron chi connectivity index (χ2n) is 4.40. The van der Waals surface area contributed by atoms with Crippen LogP contribution in [0.2, 0.25) is 0 Å². The molecule has 0 bridgehead atoms. The van der Waals surface area contributed by atoms with Crippen molar-refractivity contribution in [2.45, 2.75) is 11.3 Å². The lowest BCUT2D eigenvalue weighted by Crippen LogP contribution is -2.11. The van der Waals surface area contributed by atoms with Crippen molar-refractivity contribution in [2.75, 3.05) is 6.54 Å². The minimum atomic E-state index is -5.52. The van der Waals surface area contributed by atoms with Crippen LogP contribution in [0.25, 0.3) is 0 Å². The van der Waals surface area contributed by atoms with Gasteiger partial charge in [0.25, 0.3) is 0 Å². The van der Waals surface area contributed by atoms with Gasteiger partial charge in [0.15, 0.2) is 28.2 Å².